The van der Waals surface area contributed by atoms with Crippen molar-refractivity contribution in [3.05, 3.63) is 45.1 Å². The first-order valence-electron chi connectivity index (χ1n) is 5.43. The predicted octanol–water partition coefficient (Wildman–Crippen LogP) is 2.27. The fraction of sp³-hybridized carbons (Fsp3) is 0.167. The smallest absolute Gasteiger partial charge is 0.248 e. The summed E-state index contributed by atoms with van der Waals surface area (Å²) in [6.45, 7) is 1.73. The molecule has 0 saturated heterocycles. The number of benzene rings is 1. The lowest BCUT2D eigenvalue weighted by Crippen LogP contribution is -2.46. The number of nitrogens with one attached hydrogen (secondary N) is 2. The zero-order valence-corrected chi connectivity index (χ0v) is 12.3. The van der Waals surface area contributed by atoms with E-state index in [1.165, 1.54) is 0 Å². The van der Waals surface area contributed by atoms with Crippen LogP contribution in [0, 0.1) is 0 Å². The molecule has 1 aliphatic rings. The number of halogens is 2. The molecule has 1 amide bonds. The lowest BCUT2D eigenvalue weighted by molar-refractivity contribution is -0.115. The van der Waals surface area contributed by atoms with Gasteiger partial charge >= 0.3 is 0 Å². The van der Waals surface area contributed by atoms with E-state index in [0.29, 0.717) is 32.0 Å². The summed E-state index contributed by atoms with van der Waals surface area (Å²) >= 11 is 17.3. The van der Waals surface area contributed by atoms with Crippen LogP contribution in [0.4, 0.5) is 0 Å². The van der Waals surface area contributed by atoms with Crippen LogP contribution in [-0.2, 0) is 4.79 Å². The molecule has 0 fully saturated rings. The van der Waals surface area contributed by atoms with E-state index in [9.17, 15) is 4.79 Å². The second-order valence-electron chi connectivity index (χ2n) is 4.08. The van der Waals surface area contributed by atoms with Gasteiger partial charge < -0.3 is 16.4 Å². The Labute approximate surface area is 125 Å². The summed E-state index contributed by atoms with van der Waals surface area (Å²) in [5, 5.41) is 7.04. The van der Waals surface area contributed by atoms with Gasteiger partial charge in [-0.1, -0.05) is 35.3 Å². The van der Waals surface area contributed by atoms with Gasteiger partial charge in [-0.2, -0.15) is 0 Å². The van der Waals surface area contributed by atoms with E-state index in [0.717, 1.165) is 0 Å². The normalized spacial score (nSPS) is 18.9. The highest BCUT2D eigenvalue weighted by atomic mass is 35.5. The minimum absolute atomic E-state index is 0.373. The van der Waals surface area contributed by atoms with Crippen LogP contribution in [0.25, 0.3) is 0 Å². The van der Waals surface area contributed by atoms with Gasteiger partial charge in [0.25, 0.3) is 0 Å². The zero-order chi connectivity index (χ0) is 14.2. The lowest BCUT2D eigenvalue weighted by atomic mass is 9.95. The third kappa shape index (κ3) is 2.68. The molecule has 1 aromatic rings. The van der Waals surface area contributed by atoms with Gasteiger partial charge in [0, 0.05) is 5.70 Å². The summed E-state index contributed by atoms with van der Waals surface area (Å²) in [6.07, 6.45) is 0. The molecule has 4 nitrogen and oxygen atoms in total. The van der Waals surface area contributed by atoms with Crippen molar-refractivity contribution in [1.29, 1.82) is 0 Å². The molecule has 1 aromatic carbocycles. The van der Waals surface area contributed by atoms with Crippen LogP contribution in [0.3, 0.4) is 0 Å². The van der Waals surface area contributed by atoms with Gasteiger partial charge in [0.1, 0.15) is 0 Å². The monoisotopic (exact) mass is 315 g/mol. The average Bonchev–Trinajstić information content (AvgIpc) is 2.31. The Morgan fingerprint density at radius 1 is 1.42 bits per heavy atom. The van der Waals surface area contributed by atoms with E-state index in [2.05, 4.69) is 10.6 Å². The summed E-state index contributed by atoms with van der Waals surface area (Å²) in [6, 6.07) is 4.70. The van der Waals surface area contributed by atoms with Crippen molar-refractivity contribution in [2.45, 2.75) is 13.0 Å². The first kappa shape index (κ1) is 14.1. The molecule has 0 aromatic heterocycles. The predicted molar refractivity (Wildman–Crippen MR) is 80.0 cm³/mol. The van der Waals surface area contributed by atoms with Gasteiger partial charge in [-0.25, -0.2) is 0 Å². The number of carbonyl (C=O) groups is 1. The van der Waals surface area contributed by atoms with E-state index in [-0.39, 0.29) is 0 Å². The maximum Gasteiger partial charge on any atom is 0.248 e. The van der Waals surface area contributed by atoms with E-state index in [1.807, 2.05) is 0 Å². The summed E-state index contributed by atoms with van der Waals surface area (Å²) in [4.78, 5) is 11.6. The van der Waals surface area contributed by atoms with Gasteiger partial charge in [0.2, 0.25) is 5.91 Å². The molecule has 0 bridgehead atoms. The number of thiocarbonyl (C=S) groups is 1. The molecule has 1 atom stereocenters. The first-order valence-corrected chi connectivity index (χ1v) is 6.60. The molecule has 0 radical (unpaired) electrons. The van der Waals surface area contributed by atoms with E-state index < -0.39 is 11.9 Å². The van der Waals surface area contributed by atoms with Crippen molar-refractivity contribution < 1.29 is 4.79 Å². The largest absolute Gasteiger partial charge is 0.366 e. The van der Waals surface area contributed by atoms with Gasteiger partial charge in [-0.15, -0.1) is 0 Å². The molecule has 100 valence electrons. The van der Waals surface area contributed by atoms with Crippen LogP contribution >= 0.6 is 35.4 Å². The first-order chi connectivity index (χ1) is 8.91. The van der Waals surface area contributed by atoms with Crippen LogP contribution in [-0.4, -0.2) is 11.0 Å². The van der Waals surface area contributed by atoms with Crippen molar-refractivity contribution in [3.8, 4) is 0 Å². The molecular weight excluding hydrogens is 305 g/mol. The summed E-state index contributed by atoms with van der Waals surface area (Å²) in [5.41, 5.74) is 7.08. The maximum atomic E-state index is 11.6. The second kappa shape index (κ2) is 5.36. The highest BCUT2D eigenvalue weighted by Crippen LogP contribution is 2.34. The third-order valence-electron chi connectivity index (χ3n) is 2.83. The van der Waals surface area contributed by atoms with Crippen LogP contribution in [0.1, 0.15) is 18.5 Å². The van der Waals surface area contributed by atoms with Crippen molar-refractivity contribution >= 4 is 46.4 Å². The van der Waals surface area contributed by atoms with E-state index in [1.54, 1.807) is 25.1 Å². The Balaban J connectivity index is 2.58. The van der Waals surface area contributed by atoms with Crippen LogP contribution < -0.4 is 16.4 Å². The summed E-state index contributed by atoms with van der Waals surface area (Å²) in [5.74, 6) is -0.541. The van der Waals surface area contributed by atoms with Crippen molar-refractivity contribution in [1.82, 2.24) is 10.6 Å². The minimum Gasteiger partial charge on any atom is -0.366 e. The zero-order valence-electron chi connectivity index (χ0n) is 9.96. The Morgan fingerprint density at radius 3 is 2.74 bits per heavy atom. The summed E-state index contributed by atoms with van der Waals surface area (Å²) in [7, 11) is 0. The molecular formula is C12H11Cl2N3OS. The fourth-order valence-electron chi connectivity index (χ4n) is 2.00. The molecule has 7 heteroatoms. The van der Waals surface area contributed by atoms with Crippen molar-refractivity contribution in [2.24, 2.45) is 5.73 Å². The van der Waals surface area contributed by atoms with Crippen molar-refractivity contribution in [3.63, 3.8) is 0 Å². The lowest BCUT2D eigenvalue weighted by Gasteiger charge is -2.30. The fourth-order valence-corrected chi connectivity index (χ4v) is 2.69. The number of hydrogen-bond donors (Lipinski definition) is 3. The second-order valence-corrected chi connectivity index (χ2v) is 5.27. The highest BCUT2D eigenvalue weighted by Gasteiger charge is 2.30. The van der Waals surface area contributed by atoms with Crippen LogP contribution in [0.5, 0.6) is 0 Å². The number of amides is 1. The Bertz CT molecular complexity index is 601. The number of allylic oxidation sites excluding steroid dienone is 1. The molecule has 4 N–H and O–H groups in total. The average molecular weight is 316 g/mol. The van der Waals surface area contributed by atoms with Gasteiger partial charge in [0.05, 0.1) is 21.7 Å². The molecule has 2 rings (SSSR count). The van der Waals surface area contributed by atoms with Crippen LogP contribution in [0.15, 0.2) is 29.5 Å². The van der Waals surface area contributed by atoms with E-state index in [4.69, 9.17) is 41.2 Å². The molecule has 0 spiro atoms. The van der Waals surface area contributed by atoms with Crippen LogP contribution in [0.2, 0.25) is 10.0 Å². The Kier molecular flexibility index (Phi) is 3.99. The number of primary amides is 1. The quantitative estimate of drug-likeness (QED) is 0.732. The molecule has 19 heavy (non-hydrogen) atoms. The molecule has 0 aliphatic carbocycles. The van der Waals surface area contributed by atoms with Gasteiger partial charge in [-0.05, 0) is 30.8 Å². The molecule has 1 heterocycles. The minimum atomic E-state index is -0.541. The number of hydrogen-bond acceptors (Lipinski definition) is 2. The Morgan fingerprint density at radius 2 is 2.11 bits per heavy atom. The SMILES string of the molecule is CC1=C(C(N)=O)[C@H](c2cccc(Cl)c2Cl)NC(=S)N1. The number of carbonyl (C=O) groups excluding carboxylic acids is 1. The van der Waals surface area contributed by atoms with Gasteiger partial charge in [-0.3, -0.25) is 4.79 Å². The topological polar surface area (TPSA) is 67.2 Å². The third-order valence-corrected chi connectivity index (χ3v) is 3.88. The molecule has 0 saturated carbocycles. The van der Waals surface area contributed by atoms with E-state index >= 15 is 0 Å². The highest BCUT2D eigenvalue weighted by molar-refractivity contribution is 7.80. The number of nitrogens with two attached hydrogens (primary N) is 1. The molecule has 1 aliphatic heterocycles. The molecule has 0 unspecified atom stereocenters. The maximum absolute atomic E-state index is 11.6. The number of rotatable bonds is 2. The van der Waals surface area contributed by atoms with Gasteiger partial charge in [0.15, 0.2) is 5.11 Å². The van der Waals surface area contributed by atoms with Crippen molar-refractivity contribution in [2.75, 3.05) is 0 Å². The summed E-state index contributed by atoms with van der Waals surface area (Å²) < 4.78 is 0. The standard InChI is InChI=1S/C12H11Cl2N3OS/c1-5-8(11(15)18)10(17-12(19)16-5)6-3-2-4-7(13)9(6)14/h2-4,10H,1H3,(H2,15,18)(H2,16,17,19)/t10-/m0/s1. The Hall–Kier alpha value is -1.30.